The van der Waals surface area contributed by atoms with Gasteiger partial charge in [-0.1, -0.05) is 19.1 Å². The zero-order chi connectivity index (χ0) is 19.8. The number of imidazole rings is 1. The second kappa shape index (κ2) is 7.18. The lowest BCUT2D eigenvalue weighted by Gasteiger charge is -2.13. The highest BCUT2D eigenvalue weighted by atomic mass is 32.1. The molecule has 2 aromatic carbocycles. The Morgan fingerprint density at radius 3 is 2.93 bits per heavy atom. The summed E-state index contributed by atoms with van der Waals surface area (Å²) in [5, 5.41) is 3.41. The molecule has 3 heterocycles. The van der Waals surface area contributed by atoms with E-state index in [1.54, 1.807) is 24.6 Å². The van der Waals surface area contributed by atoms with Gasteiger partial charge in [-0.05, 0) is 30.2 Å². The number of methoxy groups -OCH3 is 1. The lowest BCUT2D eigenvalue weighted by molar-refractivity contribution is 0.410. The van der Waals surface area contributed by atoms with Gasteiger partial charge in [-0.3, -0.25) is 0 Å². The lowest BCUT2D eigenvalue weighted by atomic mass is 10.1. The van der Waals surface area contributed by atoms with Crippen LogP contribution >= 0.6 is 11.3 Å². The van der Waals surface area contributed by atoms with Crippen molar-refractivity contribution in [3.8, 4) is 17.0 Å². The molecule has 1 N–H and O–H groups in total. The summed E-state index contributed by atoms with van der Waals surface area (Å²) in [5.74, 6) is 1.55. The van der Waals surface area contributed by atoms with E-state index in [1.807, 2.05) is 34.4 Å². The van der Waals surface area contributed by atoms with E-state index in [4.69, 9.17) is 9.72 Å². The quantitative estimate of drug-likeness (QED) is 0.432. The molecule has 0 aliphatic rings. The predicted molar refractivity (Wildman–Crippen MR) is 117 cm³/mol. The number of hydrogen-bond acceptors (Lipinski definition) is 6. The first-order valence-electron chi connectivity index (χ1n) is 9.36. The number of benzene rings is 2. The molecular weight excluding hydrogens is 382 g/mol. The van der Waals surface area contributed by atoms with Crippen LogP contribution in [0.4, 0.5) is 11.5 Å². The number of anilines is 2. The molecule has 144 valence electrons. The molecule has 6 nitrogen and oxygen atoms in total. The van der Waals surface area contributed by atoms with Gasteiger partial charge in [-0.15, -0.1) is 11.3 Å². The Morgan fingerprint density at radius 1 is 1.14 bits per heavy atom. The first kappa shape index (κ1) is 17.6. The zero-order valence-electron chi connectivity index (χ0n) is 16.1. The monoisotopic (exact) mass is 401 g/mol. The van der Waals surface area contributed by atoms with Crippen LogP contribution in [-0.4, -0.2) is 26.5 Å². The predicted octanol–water partition coefficient (Wildman–Crippen LogP) is 5.32. The molecule has 7 heteroatoms. The average Bonchev–Trinajstić information content (AvgIpc) is 3.42. The third-order valence-electron chi connectivity index (χ3n) is 4.93. The minimum atomic E-state index is 0.692. The summed E-state index contributed by atoms with van der Waals surface area (Å²) in [5.41, 5.74) is 7.55. The SMILES string of the molecule is CCc1ccc(Nc2nc(-c3ccc4scnc4c3)cn3ccnc23)cc1OC. The summed E-state index contributed by atoms with van der Waals surface area (Å²) in [7, 11) is 1.69. The van der Waals surface area contributed by atoms with E-state index in [-0.39, 0.29) is 0 Å². The summed E-state index contributed by atoms with van der Waals surface area (Å²) in [6.45, 7) is 2.11. The van der Waals surface area contributed by atoms with Gasteiger partial charge in [0.1, 0.15) is 5.75 Å². The van der Waals surface area contributed by atoms with Crippen LogP contribution < -0.4 is 10.1 Å². The molecule has 5 aromatic rings. The van der Waals surface area contributed by atoms with Crippen molar-refractivity contribution in [2.75, 3.05) is 12.4 Å². The molecule has 0 atom stereocenters. The molecule has 0 unspecified atom stereocenters. The molecule has 0 saturated heterocycles. The maximum absolute atomic E-state index is 5.53. The van der Waals surface area contributed by atoms with Crippen molar-refractivity contribution in [3.05, 3.63) is 66.1 Å². The van der Waals surface area contributed by atoms with Crippen molar-refractivity contribution in [3.63, 3.8) is 0 Å². The Bertz CT molecular complexity index is 1320. The molecule has 0 fully saturated rings. The highest BCUT2D eigenvalue weighted by molar-refractivity contribution is 7.16. The average molecular weight is 401 g/mol. The van der Waals surface area contributed by atoms with Gasteiger partial charge in [0.25, 0.3) is 0 Å². The minimum Gasteiger partial charge on any atom is -0.496 e. The Hall–Kier alpha value is -3.45. The van der Waals surface area contributed by atoms with E-state index in [9.17, 15) is 0 Å². The largest absolute Gasteiger partial charge is 0.496 e. The smallest absolute Gasteiger partial charge is 0.180 e. The van der Waals surface area contributed by atoms with Crippen molar-refractivity contribution < 1.29 is 4.74 Å². The number of nitrogens with zero attached hydrogens (tertiary/aromatic N) is 4. The third kappa shape index (κ3) is 3.19. The number of aromatic nitrogens is 4. The first-order chi connectivity index (χ1) is 14.2. The lowest BCUT2D eigenvalue weighted by Crippen LogP contribution is -2.01. The second-order valence-corrected chi connectivity index (χ2v) is 7.56. The van der Waals surface area contributed by atoms with Crippen molar-refractivity contribution in [2.24, 2.45) is 0 Å². The van der Waals surface area contributed by atoms with Crippen molar-refractivity contribution in [2.45, 2.75) is 13.3 Å². The number of aryl methyl sites for hydroxylation is 1. The van der Waals surface area contributed by atoms with Crippen LogP contribution in [0.15, 0.2) is 60.5 Å². The fourth-order valence-corrected chi connectivity index (χ4v) is 4.08. The van der Waals surface area contributed by atoms with Gasteiger partial charge in [0, 0.05) is 35.9 Å². The summed E-state index contributed by atoms with van der Waals surface area (Å²) in [6.07, 6.45) is 6.60. The normalized spacial score (nSPS) is 11.2. The van der Waals surface area contributed by atoms with E-state index in [0.29, 0.717) is 5.82 Å². The van der Waals surface area contributed by atoms with Crippen LogP contribution in [0.2, 0.25) is 0 Å². The van der Waals surface area contributed by atoms with Crippen molar-refractivity contribution in [1.29, 1.82) is 0 Å². The topological polar surface area (TPSA) is 64.3 Å². The molecule has 0 bridgehead atoms. The fraction of sp³-hybridized carbons (Fsp3) is 0.136. The number of nitrogens with one attached hydrogen (secondary N) is 1. The molecule has 0 amide bonds. The molecule has 0 aliphatic carbocycles. The highest BCUT2D eigenvalue weighted by Gasteiger charge is 2.12. The van der Waals surface area contributed by atoms with E-state index in [1.165, 1.54) is 10.3 Å². The van der Waals surface area contributed by atoms with Gasteiger partial charge >= 0.3 is 0 Å². The molecule has 0 aliphatic heterocycles. The number of hydrogen-bond donors (Lipinski definition) is 1. The second-order valence-electron chi connectivity index (χ2n) is 6.67. The Kier molecular flexibility index (Phi) is 4.37. The molecule has 0 saturated carbocycles. The maximum atomic E-state index is 5.53. The molecule has 0 radical (unpaired) electrons. The molecule has 29 heavy (non-hydrogen) atoms. The van der Waals surface area contributed by atoms with Crippen LogP contribution in [0.25, 0.3) is 27.1 Å². The summed E-state index contributed by atoms with van der Waals surface area (Å²) in [4.78, 5) is 13.8. The van der Waals surface area contributed by atoms with Gasteiger partial charge in [0.15, 0.2) is 11.5 Å². The van der Waals surface area contributed by atoms with Gasteiger partial charge in [0.2, 0.25) is 0 Å². The van der Waals surface area contributed by atoms with E-state index in [2.05, 4.69) is 46.5 Å². The summed E-state index contributed by atoms with van der Waals surface area (Å²) in [6, 6.07) is 12.3. The van der Waals surface area contributed by atoms with Gasteiger partial charge < -0.3 is 14.5 Å². The Balaban J connectivity index is 1.59. The van der Waals surface area contributed by atoms with Crippen LogP contribution in [-0.2, 0) is 6.42 Å². The summed E-state index contributed by atoms with van der Waals surface area (Å²) < 4.78 is 8.67. The highest BCUT2D eigenvalue weighted by Crippen LogP contribution is 2.30. The van der Waals surface area contributed by atoms with Crippen LogP contribution in [0.3, 0.4) is 0 Å². The van der Waals surface area contributed by atoms with E-state index < -0.39 is 0 Å². The Labute approximate surface area is 171 Å². The zero-order valence-corrected chi connectivity index (χ0v) is 16.9. The van der Waals surface area contributed by atoms with Gasteiger partial charge in [-0.25, -0.2) is 15.0 Å². The summed E-state index contributed by atoms with van der Waals surface area (Å²) >= 11 is 1.64. The van der Waals surface area contributed by atoms with Crippen molar-refractivity contribution in [1.82, 2.24) is 19.4 Å². The van der Waals surface area contributed by atoms with E-state index in [0.717, 1.165) is 40.3 Å². The maximum Gasteiger partial charge on any atom is 0.180 e. The molecule has 3 aromatic heterocycles. The minimum absolute atomic E-state index is 0.692. The van der Waals surface area contributed by atoms with Crippen LogP contribution in [0, 0.1) is 0 Å². The van der Waals surface area contributed by atoms with Gasteiger partial charge in [-0.2, -0.15) is 0 Å². The number of ether oxygens (including phenoxy) is 1. The van der Waals surface area contributed by atoms with Crippen LogP contribution in [0.1, 0.15) is 12.5 Å². The molecule has 0 spiro atoms. The molecule has 5 rings (SSSR count). The fourth-order valence-electron chi connectivity index (χ4n) is 3.42. The van der Waals surface area contributed by atoms with Gasteiger partial charge in [0.05, 0.1) is 28.5 Å². The first-order valence-corrected chi connectivity index (χ1v) is 10.2. The Morgan fingerprint density at radius 2 is 2.07 bits per heavy atom. The number of fused-ring (bicyclic) bond motifs is 2. The standard InChI is InChI=1S/C22H19N5OS/c1-3-14-4-6-16(11-19(14)28-2)25-21-22-23-8-9-27(22)12-18(26-21)15-5-7-20-17(10-15)24-13-29-20/h4-13H,3H2,1-2H3,(H,25,26). The molecular formula is C22H19N5OS. The van der Waals surface area contributed by atoms with E-state index >= 15 is 0 Å². The van der Waals surface area contributed by atoms with Crippen molar-refractivity contribution >= 4 is 38.7 Å². The number of thiazole rings is 1. The van der Waals surface area contributed by atoms with Crippen LogP contribution in [0.5, 0.6) is 5.75 Å². The third-order valence-corrected chi connectivity index (χ3v) is 5.74. The number of rotatable bonds is 5.